The number of fused-ring (bicyclic) bond motifs is 2. The number of aromatic nitrogens is 3. The largest absolute Gasteiger partial charge is 0.383 e. The van der Waals surface area contributed by atoms with Crippen molar-refractivity contribution in [1.29, 1.82) is 0 Å². The van der Waals surface area contributed by atoms with Crippen molar-refractivity contribution in [2.45, 2.75) is 38.6 Å². The molecule has 0 aliphatic heterocycles. The molecule has 1 aliphatic rings. The molecule has 4 aromatic rings. The van der Waals surface area contributed by atoms with Crippen molar-refractivity contribution in [2.24, 2.45) is 5.10 Å². The summed E-state index contributed by atoms with van der Waals surface area (Å²) in [6.07, 6.45) is 5.96. The third-order valence-electron chi connectivity index (χ3n) is 5.79. The Balaban J connectivity index is 1.64. The smallest absolute Gasteiger partial charge is 0.257 e. The fraction of sp³-hybridized carbons (Fsp3) is 0.250. The standard InChI is InChI=1S/C24H24N6O/c1-15-10-12-16(13-11-15)14-26-30-22(25)20(24(31)27-17-6-2-3-7-17)21-23(30)29-19-9-5-4-8-18(19)28-21/h4-5,8-14,17H,2-3,6-7,25H2,1H3,(H,27,31). The lowest BCUT2D eigenvalue weighted by atomic mass is 10.2. The van der Waals surface area contributed by atoms with E-state index >= 15 is 0 Å². The van der Waals surface area contributed by atoms with E-state index in [1.165, 1.54) is 10.2 Å². The number of para-hydroxylation sites is 2. The molecule has 7 nitrogen and oxygen atoms in total. The summed E-state index contributed by atoms with van der Waals surface area (Å²) in [5.74, 6) is 0.0208. The van der Waals surface area contributed by atoms with Crippen molar-refractivity contribution in [3.63, 3.8) is 0 Å². The zero-order chi connectivity index (χ0) is 21.4. The number of benzene rings is 2. The topological polar surface area (TPSA) is 98.2 Å². The summed E-state index contributed by atoms with van der Waals surface area (Å²) in [4.78, 5) is 22.6. The van der Waals surface area contributed by atoms with E-state index in [2.05, 4.69) is 10.4 Å². The van der Waals surface area contributed by atoms with Crippen LogP contribution in [0.15, 0.2) is 53.6 Å². The van der Waals surface area contributed by atoms with Crippen LogP contribution in [0.4, 0.5) is 5.82 Å². The lowest BCUT2D eigenvalue weighted by Crippen LogP contribution is -2.33. The van der Waals surface area contributed by atoms with Gasteiger partial charge in [0.25, 0.3) is 5.91 Å². The Kier molecular flexibility index (Phi) is 4.86. The van der Waals surface area contributed by atoms with Crippen LogP contribution in [0.1, 0.15) is 47.2 Å². The van der Waals surface area contributed by atoms with Crippen molar-refractivity contribution in [3.05, 3.63) is 65.2 Å². The van der Waals surface area contributed by atoms with Crippen molar-refractivity contribution in [1.82, 2.24) is 20.0 Å². The fourth-order valence-electron chi connectivity index (χ4n) is 4.09. The molecule has 0 atom stereocenters. The monoisotopic (exact) mass is 412 g/mol. The molecule has 31 heavy (non-hydrogen) atoms. The van der Waals surface area contributed by atoms with Gasteiger partial charge in [-0.1, -0.05) is 54.8 Å². The SMILES string of the molecule is Cc1ccc(C=Nn2c(N)c(C(=O)NC3CCCC3)c3nc4ccccc4nc32)cc1. The normalized spacial score (nSPS) is 14.7. The predicted molar refractivity (Wildman–Crippen MR) is 123 cm³/mol. The Hall–Kier alpha value is -3.74. The Bertz CT molecular complexity index is 1300. The maximum atomic E-state index is 13.2. The van der Waals surface area contributed by atoms with E-state index in [1.54, 1.807) is 6.21 Å². The van der Waals surface area contributed by atoms with Crippen LogP contribution >= 0.6 is 0 Å². The molecule has 156 valence electrons. The molecule has 7 heteroatoms. The summed E-state index contributed by atoms with van der Waals surface area (Å²) < 4.78 is 1.51. The number of nitrogens with one attached hydrogen (secondary N) is 1. The van der Waals surface area contributed by atoms with Gasteiger partial charge in [-0.25, -0.2) is 9.97 Å². The van der Waals surface area contributed by atoms with Gasteiger partial charge in [-0.05, 0) is 37.5 Å². The molecule has 0 saturated heterocycles. The average molecular weight is 412 g/mol. The van der Waals surface area contributed by atoms with Gasteiger partial charge in [-0.15, -0.1) is 0 Å². The third kappa shape index (κ3) is 3.63. The number of carbonyl (C=O) groups is 1. The summed E-state index contributed by atoms with van der Waals surface area (Å²) in [5, 5.41) is 7.68. The fourth-order valence-corrected chi connectivity index (χ4v) is 4.09. The minimum Gasteiger partial charge on any atom is -0.383 e. The van der Waals surface area contributed by atoms with E-state index in [0.717, 1.165) is 36.8 Å². The van der Waals surface area contributed by atoms with Crippen molar-refractivity contribution < 1.29 is 4.79 Å². The first-order valence-electron chi connectivity index (χ1n) is 10.6. The van der Waals surface area contributed by atoms with Crippen molar-refractivity contribution in [3.8, 4) is 0 Å². The molecule has 0 bridgehead atoms. The first kappa shape index (κ1) is 19.2. The molecular formula is C24H24N6O. The summed E-state index contributed by atoms with van der Waals surface area (Å²) in [6, 6.07) is 15.7. The number of amides is 1. The molecule has 1 fully saturated rings. The van der Waals surface area contributed by atoms with Crippen LogP contribution in [0.3, 0.4) is 0 Å². The highest BCUT2D eigenvalue weighted by Gasteiger charge is 2.26. The van der Waals surface area contributed by atoms with Crippen LogP contribution in [-0.4, -0.2) is 32.8 Å². The number of nitrogens with zero attached hydrogens (tertiary/aromatic N) is 4. The number of hydrogen-bond donors (Lipinski definition) is 2. The molecule has 1 amide bonds. The number of aryl methyl sites for hydroxylation is 1. The highest BCUT2D eigenvalue weighted by atomic mass is 16.1. The Morgan fingerprint density at radius 3 is 2.48 bits per heavy atom. The number of carbonyl (C=O) groups excluding carboxylic acids is 1. The lowest BCUT2D eigenvalue weighted by Gasteiger charge is -2.11. The van der Waals surface area contributed by atoms with Crippen molar-refractivity contribution >= 4 is 40.1 Å². The lowest BCUT2D eigenvalue weighted by molar-refractivity contribution is 0.0940. The highest BCUT2D eigenvalue weighted by molar-refractivity contribution is 6.10. The second-order valence-electron chi connectivity index (χ2n) is 8.07. The summed E-state index contributed by atoms with van der Waals surface area (Å²) in [7, 11) is 0. The zero-order valence-electron chi connectivity index (χ0n) is 17.4. The van der Waals surface area contributed by atoms with Crippen LogP contribution < -0.4 is 11.1 Å². The number of rotatable bonds is 4. The highest BCUT2D eigenvalue weighted by Crippen LogP contribution is 2.28. The van der Waals surface area contributed by atoms with Gasteiger partial charge in [0.1, 0.15) is 16.9 Å². The van der Waals surface area contributed by atoms with E-state index in [1.807, 2.05) is 55.5 Å². The minimum atomic E-state index is -0.219. The zero-order valence-corrected chi connectivity index (χ0v) is 17.4. The van der Waals surface area contributed by atoms with Crippen molar-refractivity contribution in [2.75, 3.05) is 5.73 Å². The Morgan fingerprint density at radius 2 is 1.77 bits per heavy atom. The quantitative estimate of drug-likeness (QED) is 0.495. The minimum absolute atomic E-state index is 0.176. The van der Waals surface area contributed by atoms with E-state index in [0.29, 0.717) is 22.2 Å². The molecule has 2 heterocycles. The van der Waals surface area contributed by atoms with E-state index in [9.17, 15) is 4.79 Å². The molecule has 2 aromatic carbocycles. The molecule has 3 N–H and O–H groups in total. The first-order valence-corrected chi connectivity index (χ1v) is 10.6. The van der Waals surface area contributed by atoms with E-state index in [4.69, 9.17) is 15.7 Å². The van der Waals surface area contributed by atoms with Gasteiger partial charge in [0, 0.05) is 6.04 Å². The molecule has 0 unspecified atom stereocenters. The van der Waals surface area contributed by atoms with Gasteiger partial charge >= 0.3 is 0 Å². The second kappa shape index (κ2) is 7.83. The molecule has 2 aromatic heterocycles. The number of anilines is 1. The first-order chi connectivity index (χ1) is 15.1. The summed E-state index contributed by atoms with van der Waals surface area (Å²) in [6.45, 7) is 2.04. The number of nitrogen functional groups attached to an aromatic ring is 1. The van der Waals surface area contributed by atoms with Crippen LogP contribution in [-0.2, 0) is 0 Å². The van der Waals surface area contributed by atoms with Gasteiger partial charge < -0.3 is 11.1 Å². The maximum Gasteiger partial charge on any atom is 0.257 e. The summed E-state index contributed by atoms with van der Waals surface area (Å²) in [5.41, 5.74) is 11.3. The van der Waals surface area contributed by atoms with Crippen LogP contribution in [0.2, 0.25) is 0 Å². The van der Waals surface area contributed by atoms with Crippen LogP contribution in [0, 0.1) is 6.92 Å². The van der Waals surface area contributed by atoms with Gasteiger partial charge in [-0.3, -0.25) is 4.79 Å². The molecule has 5 rings (SSSR count). The maximum absolute atomic E-state index is 13.2. The van der Waals surface area contributed by atoms with Crippen LogP contribution in [0.25, 0.3) is 22.2 Å². The predicted octanol–water partition coefficient (Wildman–Crippen LogP) is 4.03. The van der Waals surface area contributed by atoms with Gasteiger partial charge in [0.05, 0.1) is 17.2 Å². The number of nitrogens with two attached hydrogens (primary N) is 1. The third-order valence-corrected chi connectivity index (χ3v) is 5.79. The number of hydrogen-bond acceptors (Lipinski definition) is 5. The van der Waals surface area contributed by atoms with E-state index < -0.39 is 0 Å². The van der Waals surface area contributed by atoms with E-state index in [-0.39, 0.29) is 17.8 Å². The van der Waals surface area contributed by atoms with Gasteiger partial charge in [0.15, 0.2) is 5.65 Å². The van der Waals surface area contributed by atoms with Crippen LogP contribution in [0.5, 0.6) is 0 Å². The molecule has 0 spiro atoms. The Labute approximate surface area is 180 Å². The summed E-state index contributed by atoms with van der Waals surface area (Å²) >= 11 is 0. The molecule has 1 saturated carbocycles. The second-order valence-corrected chi connectivity index (χ2v) is 8.07. The average Bonchev–Trinajstić information content (AvgIpc) is 3.37. The Morgan fingerprint density at radius 1 is 1.10 bits per heavy atom. The van der Waals surface area contributed by atoms with Gasteiger partial charge in [-0.2, -0.15) is 9.78 Å². The molecular weight excluding hydrogens is 388 g/mol. The van der Waals surface area contributed by atoms with Gasteiger partial charge in [0.2, 0.25) is 0 Å². The molecule has 1 aliphatic carbocycles. The molecule has 0 radical (unpaired) electrons.